The molecule has 0 aromatic rings. The molecule has 2 aliphatic carbocycles. The fourth-order valence-corrected chi connectivity index (χ4v) is 5.47. The van der Waals surface area contributed by atoms with Crippen LogP contribution in [0.15, 0.2) is 0 Å². The Labute approximate surface area is 132 Å². The molecule has 0 aromatic heterocycles. The molecular formula is C19H36N2. The summed E-state index contributed by atoms with van der Waals surface area (Å²) in [6.07, 6.45) is 16.2. The number of hydrogen-bond donors (Lipinski definition) is 1. The molecule has 1 aliphatic heterocycles. The van der Waals surface area contributed by atoms with Crippen LogP contribution < -0.4 is 5.32 Å². The molecule has 2 heteroatoms. The van der Waals surface area contributed by atoms with E-state index in [1.54, 1.807) is 0 Å². The predicted octanol–water partition coefficient (Wildman–Crippen LogP) is 4.20. The van der Waals surface area contributed by atoms with Gasteiger partial charge in [0.2, 0.25) is 0 Å². The molecule has 1 saturated heterocycles. The first-order valence-electron chi connectivity index (χ1n) is 9.68. The first kappa shape index (κ1) is 15.8. The van der Waals surface area contributed by atoms with Gasteiger partial charge in [-0.2, -0.15) is 0 Å². The minimum atomic E-state index is 0.744. The Morgan fingerprint density at radius 1 is 1.00 bits per heavy atom. The fourth-order valence-electron chi connectivity index (χ4n) is 5.47. The zero-order chi connectivity index (χ0) is 14.7. The standard InChI is InChI=1S/C19H36N2/c1-3-16-7-8-17(20-2)18(15-16)21-13-11-19(12-14-21)9-5-4-6-10-19/h16-18,20H,3-15H2,1-2H3. The van der Waals surface area contributed by atoms with E-state index < -0.39 is 0 Å². The van der Waals surface area contributed by atoms with E-state index in [2.05, 4.69) is 24.2 Å². The number of likely N-dealkylation sites (tertiary alicyclic amines) is 1. The fraction of sp³-hybridized carbons (Fsp3) is 1.00. The first-order valence-corrected chi connectivity index (χ1v) is 9.68. The van der Waals surface area contributed by atoms with Gasteiger partial charge in [0.1, 0.15) is 0 Å². The Morgan fingerprint density at radius 3 is 2.33 bits per heavy atom. The minimum absolute atomic E-state index is 0.744. The lowest BCUT2D eigenvalue weighted by Crippen LogP contribution is -2.55. The second-order valence-corrected chi connectivity index (χ2v) is 8.15. The third-order valence-electron chi connectivity index (χ3n) is 7.12. The molecular weight excluding hydrogens is 256 g/mol. The summed E-state index contributed by atoms with van der Waals surface area (Å²) in [6, 6.07) is 1.56. The molecule has 122 valence electrons. The summed E-state index contributed by atoms with van der Waals surface area (Å²) in [6.45, 7) is 5.13. The highest BCUT2D eigenvalue weighted by Crippen LogP contribution is 2.45. The van der Waals surface area contributed by atoms with Crippen molar-refractivity contribution in [1.29, 1.82) is 0 Å². The van der Waals surface area contributed by atoms with E-state index in [1.807, 2.05) is 0 Å². The third-order valence-corrected chi connectivity index (χ3v) is 7.12. The second kappa shape index (κ2) is 7.00. The normalized spacial score (nSPS) is 37.7. The van der Waals surface area contributed by atoms with Crippen molar-refractivity contribution in [3.05, 3.63) is 0 Å². The van der Waals surface area contributed by atoms with Crippen molar-refractivity contribution in [3.8, 4) is 0 Å². The average Bonchev–Trinajstić information content (AvgIpc) is 2.56. The zero-order valence-corrected chi connectivity index (χ0v) is 14.4. The van der Waals surface area contributed by atoms with Crippen LogP contribution in [0.2, 0.25) is 0 Å². The minimum Gasteiger partial charge on any atom is -0.315 e. The lowest BCUT2D eigenvalue weighted by molar-refractivity contribution is 0.0167. The van der Waals surface area contributed by atoms with Crippen LogP contribution in [0, 0.1) is 11.3 Å². The smallest absolute Gasteiger partial charge is 0.0251 e. The van der Waals surface area contributed by atoms with Gasteiger partial charge in [0.15, 0.2) is 0 Å². The molecule has 0 amide bonds. The predicted molar refractivity (Wildman–Crippen MR) is 90.6 cm³/mol. The summed E-state index contributed by atoms with van der Waals surface area (Å²) >= 11 is 0. The Hall–Kier alpha value is -0.0800. The molecule has 3 atom stereocenters. The molecule has 0 radical (unpaired) electrons. The number of nitrogens with zero attached hydrogens (tertiary/aromatic N) is 1. The van der Waals surface area contributed by atoms with Crippen LogP contribution in [0.5, 0.6) is 0 Å². The van der Waals surface area contributed by atoms with E-state index in [9.17, 15) is 0 Å². The van der Waals surface area contributed by atoms with Crippen LogP contribution in [0.4, 0.5) is 0 Å². The first-order chi connectivity index (χ1) is 10.3. The van der Waals surface area contributed by atoms with Gasteiger partial charge in [-0.1, -0.05) is 32.6 Å². The van der Waals surface area contributed by atoms with E-state index >= 15 is 0 Å². The summed E-state index contributed by atoms with van der Waals surface area (Å²) in [5.41, 5.74) is 0.753. The SMILES string of the molecule is CCC1CCC(NC)C(N2CCC3(CCCCC3)CC2)C1. The Kier molecular flexibility index (Phi) is 5.27. The van der Waals surface area contributed by atoms with E-state index in [-0.39, 0.29) is 0 Å². The number of hydrogen-bond acceptors (Lipinski definition) is 2. The highest BCUT2D eigenvalue weighted by Gasteiger charge is 2.40. The van der Waals surface area contributed by atoms with Crippen molar-refractivity contribution >= 4 is 0 Å². The molecule has 1 N–H and O–H groups in total. The summed E-state index contributed by atoms with van der Waals surface area (Å²) in [5.74, 6) is 0.977. The van der Waals surface area contributed by atoms with E-state index in [1.165, 1.54) is 83.7 Å². The molecule has 0 aromatic carbocycles. The van der Waals surface area contributed by atoms with Crippen LogP contribution in [0.1, 0.15) is 77.6 Å². The van der Waals surface area contributed by atoms with Gasteiger partial charge in [0, 0.05) is 12.1 Å². The molecule has 3 unspecified atom stereocenters. The number of nitrogens with one attached hydrogen (secondary N) is 1. The average molecular weight is 293 g/mol. The third kappa shape index (κ3) is 3.47. The van der Waals surface area contributed by atoms with Crippen molar-refractivity contribution in [3.63, 3.8) is 0 Å². The molecule has 2 nitrogen and oxygen atoms in total. The van der Waals surface area contributed by atoms with Crippen molar-refractivity contribution in [2.24, 2.45) is 11.3 Å². The van der Waals surface area contributed by atoms with Gasteiger partial charge in [0.25, 0.3) is 0 Å². The Morgan fingerprint density at radius 2 is 1.71 bits per heavy atom. The van der Waals surface area contributed by atoms with Crippen molar-refractivity contribution in [1.82, 2.24) is 10.2 Å². The monoisotopic (exact) mass is 292 g/mol. The van der Waals surface area contributed by atoms with E-state index in [0.717, 1.165) is 23.4 Å². The summed E-state index contributed by atoms with van der Waals surface area (Å²) < 4.78 is 0. The van der Waals surface area contributed by atoms with Crippen LogP contribution in [0.3, 0.4) is 0 Å². The largest absolute Gasteiger partial charge is 0.315 e. The Balaban J connectivity index is 1.59. The van der Waals surface area contributed by atoms with Gasteiger partial charge in [-0.15, -0.1) is 0 Å². The molecule has 1 heterocycles. The quantitative estimate of drug-likeness (QED) is 0.838. The topological polar surface area (TPSA) is 15.3 Å². The molecule has 1 spiro atoms. The maximum atomic E-state index is 3.63. The summed E-state index contributed by atoms with van der Waals surface area (Å²) in [7, 11) is 2.18. The number of likely N-dealkylation sites (N-methyl/N-ethyl adjacent to an activating group) is 1. The van der Waals surface area contributed by atoms with Crippen molar-refractivity contribution < 1.29 is 0 Å². The van der Waals surface area contributed by atoms with Crippen LogP contribution in [-0.4, -0.2) is 37.1 Å². The van der Waals surface area contributed by atoms with E-state index in [0.29, 0.717) is 0 Å². The molecule has 0 bridgehead atoms. The van der Waals surface area contributed by atoms with E-state index in [4.69, 9.17) is 0 Å². The molecule has 21 heavy (non-hydrogen) atoms. The van der Waals surface area contributed by atoms with Gasteiger partial charge in [0.05, 0.1) is 0 Å². The van der Waals surface area contributed by atoms with Gasteiger partial charge in [-0.05, 0) is 76.4 Å². The number of rotatable bonds is 3. The van der Waals surface area contributed by atoms with Gasteiger partial charge >= 0.3 is 0 Å². The van der Waals surface area contributed by atoms with Gasteiger partial charge in [-0.3, -0.25) is 4.90 Å². The highest BCUT2D eigenvalue weighted by atomic mass is 15.2. The van der Waals surface area contributed by atoms with Crippen LogP contribution in [0.25, 0.3) is 0 Å². The molecule has 3 rings (SSSR count). The van der Waals surface area contributed by atoms with Gasteiger partial charge in [-0.25, -0.2) is 0 Å². The molecule has 3 fully saturated rings. The van der Waals surface area contributed by atoms with Crippen molar-refractivity contribution in [2.75, 3.05) is 20.1 Å². The summed E-state index contributed by atoms with van der Waals surface area (Å²) in [5, 5.41) is 3.63. The maximum Gasteiger partial charge on any atom is 0.0251 e. The highest BCUT2D eigenvalue weighted by molar-refractivity contribution is 4.95. The summed E-state index contributed by atoms with van der Waals surface area (Å²) in [4.78, 5) is 2.86. The lowest BCUT2D eigenvalue weighted by Gasteiger charge is -2.49. The number of piperidine rings is 1. The molecule has 3 aliphatic rings. The lowest BCUT2D eigenvalue weighted by atomic mass is 9.67. The maximum absolute atomic E-state index is 3.63. The van der Waals surface area contributed by atoms with Gasteiger partial charge < -0.3 is 5.32 Å². The van der Waals surface area contributed by atoms with Crippen LogP contribution in [-0.2, 0) is 0 Å². The zero-order valence-electron chi connectivity index (χ0n) is 14.4. The molecule has 2 saturated carbocycles. The van der Waals surface area contributed by atoms with Crippen molar-refractivity contribution in [2.45, 2.75) is 89.6 Å². The Bertz CT molecular complexity index is 312. The second-order valence-electron chi connectivity index (χ2n) is 8.15. The van der Waals surface area contributed by atoms with Crippen LogP contribution >= 0.6 is 0 Å².